The molecule has 1 aromatic carbocycles. The van der Waals surface area contributed by atoms with E-state index in [2.05, 4.69) is 20.5 Å². The molecule has 1 aromatic rings. The number of rotatable bonds is 10. The topological polar surface area (TPSA) is 83.0 Å². The van der Waals surface area contributed by atoms with Gasteiger partial charge in [-0.15, -0.1) is 0 Å². The van der Waals surface area contributed by atoms with E-state index in [1.165, 1.54) is 6.26 Å². The molecule has 0 aliphatic heterocycles. The van der Waals surface area contributed by atoms with Gasteiger partial charge in [-0.25, -0.2) is 8.42 Å². The van der Waals surface area contributed by atoms with Gasteiger partial charge in [-0.3, -0.25) is 4.99 Å². The number of likely N-dealkylation sites (N-methyl/N-ethyl adjacent to an activating group) is 1. The molecular formula is C18H32N4O3S. The number of aliphatic imine (C=N–C) groups is 1. The van der Waals surface area contributed by atoms with Crippen molar-refractivity contribution < 1.29 is 13.2 Å². The second-order valence-electron chi connectivity index (χ2n) is 6.65. The molecule has 26 heavy (non-hydrogen) atoms. The van der Waals surface area contributed by atoms with Crippen molar-refractivity contribution in [3.05, 3.63) is 29.8 Å². The van der Waals surface area contributed by atoms with Crippen molar-refractivity contribution in [2.24, 2.45) is 4.99 Å². The van der Waals surface area contributed by atoms with Gasteiger partial charge in [0.05, 0.1) is 5.75 Å². The number of benzene rings is 1. The number of nitrogens with zero attached hydrogens (tertiary/aromatic N) is 2. The zero-order valence-electron chi connectivity index (χ0n) is 16.4. The molecule has 8 heteroatoms. The molecule has 0 bridgehead atoms. The number of hydrogen-bond acceptors (Lipinski definition) is 5. The summed E-state index contributed by atoms with van der Waals surface area (Å²) in [4.78, 5) is 6.27. The second kappa shape index (κ2) is 11.0. The molecule has 0 saturated heterocycles. The maximum Gasteiger partial charge on any atom is 0.191 e. The minimum atomic E-state index is -2.96. The maximum absolute atomic E-state index is 11.3. The Bertz CT molecular complexity index is 675. The van der Waals surface area contributed by atoms with Gasteiger partial charge in [-0.05, 0) is 33.5 Å². The molecule has 1 rings (SSSR count). The molecule has 7 nitrogen and oxygen atoms in total. The van der Waals surface area contributed by atoms with Gasteiger partial charge >= 0.3 is 0 Å². The molecule has 1 unspecified atom stereocenters. The Labute approximate surface area is 157 Å². The lowest BCUT2D eigenvalue weighted by Gasteiger charge is -2.19. The molecule has 0 aliphatic carbocycles. The summed E-state index contributed by atoms with van der Waals surface area (Å²) in [5.41, 5.74) is 1.04. The zero-order chi connectivity index (χ0) is 19.6. The molecule has 0 aromatic heterocycles. The quantitative estimate of drug-likeness (QED) is 0.465. The summed E-state index contributed by atoms with van der Waals surface area (Å²) in [7, 11) is 2.76. The van der Waals surface area contributed by atoms with Crippen molar-refractivity contribution in [3.63, 3.8) is 0 Å². The Morgan fingerprint density at radius 3 is 2.62 bits per heavy atom. The lowest BCUT2D eigenvalue weighted by molar-refractivity contribution is 0.259. The predicted molar refractivity (Wildman–Crippen MR) is 108 cm³/mol. The summed E-state index contributed by atoms with van der Waals surface area (Å²) >= 11 is 0. The SMILES string of the molecule is CN=C(NCc1ccccc1OCCN(C)C)NC(C)CCS(C)(=O)=O. The Balaban J connectivity index is 2.55. The van der Waals surface area contributed by atoms with E-state index in [0.717, 1.165) is 17.9 Å². The Morgan fingerprint density at radius 1 is 1.31 bits per heavy atom. The zero-order valence-corrected chi connectivity index (χ0v) is 17.3. The largest absolute Gasteiger partial charge is 0.492 e. The average Bonchev–Trinajstić information content (AvgIpc) is 2.57. The van der Waals surface area contributed by atoms with Crippen LogP contribution in [0.5, 0.6) is 5.75 Å². The monoisotopic (exact) mass is 384 g/mol. The van der Waals surface area contributed by atoms with Crippen LogP contribution in [0.2, 0.25) is 0 Å². The molecule has 0 aliphatic rings. The van der Waals surface area contributed by atoms with Gasteiger partial charge < -0.3 is 20.3 Å². The van der Waals surface area contributed by atoms with Crippen molar-refractivity contribution in [1.29, 1.82) is 0 Å². The van der Waals surface area contributed by atoms with E-state index in [0.29, 0.717) is 25.5 Å². The number of hydrogen-bond donors (Lipinski definition) is 2. The van der Waals surface area contributed by atoms with E-state index in [1.54, 1.807) is 7.05 Å². The highest BCUT2D eigenvalue weighted by molar-refractivity contribution is 7.90. The minimum Gasteiger partial charge on any atom is -0.492 e. The molecule has 0 heterocycles. The van der Waals surface area contributed by atoms with E-state index in [1.807, 2.05) is 45.3 Å². The third-order valence-corrected chi connectivity index (χ3v) is 4.72. The summed E-state index contributed by atoms with van der Waals surface area (Å²) in [5.74, 6) is 1.64. The predicted octanol–water partition coefficient (Wildman–Crippen LogP) is 1.12. The Hall–Kier alpha value is -1.80. The first-order valence-corrected chi connectivity index (χ1v) is 10.8. The number of para-hydroxylation sites is 1. The number of ether oxygens (including phenoxy) is 1. The van der Waals surface area contributed by atoms with E-state index >= 15 is 0 Å². The maximum atomic E-state index is 11.3. The molecule has 2 N–H and O–H groups in total. The van der Waals surface area contributed by atoms with E-state index in [-0.39, 0.29) is 11.8 Å². The van der Waals surface area contributed by atoms with E-state index < -0.39 is 9.84 Å². The van der Waals surface area contributed by atoms with Crippen molar-refractivity contribution in [3.8, 4) is 5.75 Å². The molecule has 0 fully saturated rings. The van der Waals surface area contributed by atoms with Crippen molar-refractivity contribution in [2.45, 2.75) is 25.9 Å². The summed E-state index contributed by atoms with van der Waals surface area (Å²) in [5, 5.41) is 6.47. The molecule has 0 amide bonds. The first-order chi connectivity index (χ1) is 12.2. The summed E-state index contributed by atoms with van der Waals surface area (Å²) in [6.45, 7) is 3.98. The van der Waals surface area contributed by atoms with Gasteiger partial charge in [-0.1, -0.05) is 18.2 Å². The van der Waals surface area contributed by atoms with Crippen LogP contribution in [0, 0.1) is 0 Å². The van der Waals surface area contributed by atoms with Crippen LogP contribution in [0.1, 0.15) is 18.9 Å². The number of nitrogens with one attached hydrogen (secondary N) is 2. The third kappa shape index (κ3) is 9.62. The van der Waals surface area contributed by atoms with Crippen LogP contribution in [0.3, 0.4) is 0 Å². The normalized spacial score (nSPS) is 13.5. The van der Waals surface area contributed by atoms with E-state index in [4.69, 9.17) is 4.74 Å². The van der Waals surface area contributed by atoms with Crippen molar-refractivity contribution >= 4 is 15.8 Å². The summed E-state index contributed by atoms with van der Waals surface area (Å²) < 4.78 is 28.4. The number of guanidine groups is 1. The lowest BCUT2D eigenvalue weighted by Crippen LogP contribution is -2.42. The fraction of sp³-hybridized carbons (Fsp3) is 0.611. The van der Waals surface area contributed by atoms with Crippen molar-refractivity contribution in [2.75, 3.05) is 46.3 Å². The molecule has 148 valence electrons. The fourth-order valence-electron chi connectivity index (χ4n) is 2.20. The summed E-state index contributed by atoms with van der Waals surface area (Å²) in [6.07, 6.45) is 1.78. The molecule has 1 atom stereocenters. The van der Waals surface area contributed by atoms with Crippen LogP contribution >= 0.6 is 0 Å². The van der Waals surface area contributed by atoms with Gasteiger partial charge in [0, 0.05) is 38.0 Å². The van der Waals surface area contributed by atoms with Crippen LogP contribution in [0.4, 0.5) is 0 Å². The Morgan fingerprint density at radius 2 is 2.00 bits per heavy atom. The Kier molecular flexibility index (Phi) is 9.43. The van der Waals surface area contributed by atoms with Crippen LogP contribution < -0.4 is 15.4 Å². The lowest BCUT2D eigenvalue weighted by atomic mass is 10.2. The molecular weight excluding hydrogens is 352 g/mol. The van der Waals surface area contributed by atoms with Crippen LogP contribution in [0.25, 0.3) is 0 Å². The fourth-order valence-corrected chi connectivity index (χ4v) is 2.98. The summed E-state index contributed by atoms with van der Waals surface area (Å²) in [6, 6.07) is 7.90. The highest BCUT2D eigenvalue weighted by atomic mass is 32.2. The standard InChI is InChI=1S/C18H32N4O3S/c1-15(10-13-26(5,23)24)21-18(19-2)20-14-16-8-6-7-9-17(16)25-12-11-22(3)4/h6-9,15H,10-14H2,1-5H3,(H2,19,20,21). The highest BCUT2D eigenvalue weighted by Crippen LogP contribution is 2.17. The minimum absolute atomic E-state index is 0.00232. The molecule has 0 spiro atoms. The van der Waals surface area contributed by atoms with Gasteiger partial charge in [0.15, 0.2) is 5.96 Å². The van der Waals surface area contributed by atoms with Gasteiger partial charge in [0.1, 0.15) is 22.2 Å². The van der Waals surface area contributed by atoms with Crippen molar-refractivity contribution in [1.82, 2.24) is 15.5 Å². The van der Waals surface area contributed by atoms with Gasteiger partial charge in [-0.2, -0.15) is 0 Å². The molecule has 0 saturated carbocycles. The van der Waals surface area contributed by atoms with Crippen LogP contribution in [-0.4, -0.2) is 71.6 Å². The average molecular weight is 385 g/mol. The van der Waals surface area contributed by atoms with Gasteiger partial charge in [0.25, 0.3) is 0 Å². The smallest absolute Gasteiger partial charge is 0.191 e. The van der Waals surface area contributed by atoms with E-state index in [9.17, 15) is 8.42 Å². The van der Waals surface area contributed by atoms with Crippen LogP contribution in [-0.2, 0) is 16.4 Å². The molecule has 0 radical (unpaired) electrons. The second-order valence-corrected chi connectivity index (χ2v) is 8.91. The first kappa shape index (κ1) is 22.2. The highest BCUT2D eigenvalue weighted by Gasteiger charge is 2.10. The van der Waals surface area contributed by atoms with Gasteiger partial charge in [0.2, 0.25) is 0 Å². The first-order valence-electron chi connectivity index (χ1n) is 8.71. The number of sulfone groups is 1. The van der Waals surface area contributed by atoms with Crippen LogP contribution in [0.15, 0.2) is 29.3 Å². The third-order valence-electron chi connectivity index (χ3n) is 3.74.